The molecule has 160 valence electrons. The second-order valence-corrected chi connectivity index (χ2v) is 7.82. The monoisotopic (exact) mass is 446 g/mol. The number of nitrogens with zero attached hydrogens (tertiary/aromatic N) is 2. The zero-order valence-electron chi connectivity index (χ0n) is 16.9. The Balaban J connectivity index is 1.33. The fourth-order valence-corrected chi connectivity index (χ4v) is 3.81. The number of thiazole rings is 1. The molecule has 2 aromatic carbocycles. The summed E-state index contributed by atoms with van der Waals surface area (Å²) in [6.07, 6.45) is 3.53. The number of carbonyl (C=O) groups is 2. The van der Waals surface area contributed by atoms with E-state index in [4.69, 9.17) is 0 Å². The molecule has 0 aliphatic carbocycles. The van der Waals surface area contributed by atoms with E-state index < -0.39 is 0 Å². The quantitative estimate of drug-likeness (QED) is 0.400. The van der Waals surface area contributed by atoms with Gasteiger partial charge in [0.05, 0.1) is 5.69 Å². The first-order valence-electron chi connectivity index (χ1n) is 9.88. The van der Waals surface area contributed by atoms with Gasteiger partial charge in [0.2, 0.25) is 11.8 Å². The molecule has 2 amide bonds. The largest absolute Gasteiger partial charge is 0.326 e. The molecule has 4 aromatic rings. The topological polar surface area (TPSA) is 84.0 Å². The lowest BCUT2D eigenvalue weighted by Gasteiger charge is -2.08. The number of halogens is 1. The molecule has 2 aromatic heterocycles. The van der Waals surface area contributed by atoms with Crippen LogP contribution in [0.15, 0.2) is 78.4 Å². The Morgan fingerprint density at radius 2 is 1.59 bits per heavy atom. The van der Waals surface area contributed by atoms with Crippen LogP contribution >= 0.6 is 11.3 Å². The minimum Gasteiger partial charge on any atom is -0.326 e. The van der Waals surface area contributed by atoms with Crippen molar-refractivity contribution in [1.29, 1.82) is 0 Å². The highest BCUT2D eigenvalue weighted by molar-refractivity contribution is 7.13. The predicted octanol–water partition coefficient (Wildman–Crippen LogP) is 5.37. The molecule has 0 aliphatic heterocycles. The molecule has 0 radical (unpaired) electrons. The van der Waals surface area contributed by atoms with Crippen LogP contribution in [-0.2, 0) is 9.59 Å². The highest BCUT2D eigenvalue weighted by Crippen LogP contribution is 2.29. The molecule has 0 aliphatic rings. The second-order valence-electron chi connectivity index (χ2n) is 6.96. The van der Waals surface area contributed by atoms with Gasteiger partial charge in [-0.15, -0.1) is 11.3 Å². The molecule has 2 heterocycles. The van der Waals surface area contributed by atoms with Crippen LogP contribution in [0, 0.1) is 5.82 Å². The van der Waals surface area contributed by atoms with Gasteiger partial charge in [-0.2, -0.15) is 0 Å². The number of hydrogen-bond acceptors (Lipinski definition) is 5. The molecule has 4 rings (SSSR count). The van der Waals surface area contributed by atoms with Crippen LogP contribution < -0.4 is 10.6 Å². The number of hydrogen-bond donors (Lipinski definition) is 2. The molecule has 8 heteroatoms. The van der Waals surface area contributed by atoms with Crippen molar-refractivity contribution in [3.8, 4) is 21.8 Å². The molecule has 0 unspecified atom stereocenters. The summed E-state index contributed by atoms with van der Waals surface area (Å²) in [5, 5.41) is 8.28. The van der Waals surface area contributed by atoms with Gasteiger partial charge in [-0.25, -0.2) is 9.37 Å². The van der Waals surface area contributed by atoms with E-state index in [1.165, 1.54) is 35.6 Å². The normalized spacial score (nSPS) is 10.5. The Kier molecular flexibility index (Phi) is 6.62. The fraction of sp³-hybridized carbons (Fsp3) is 0.0833. The van der Waals surface area contributed by atoms with Crippen LogP contribution in [0.25, 0.3) is 21.8 Å². The van der Waals surface area contributed by atoms with Crippen LogP contribution in [0.1, 0.15) is 12.8 Å². The number of aromatic nitrogens is 2. The summed E-state index contributed by atoms with van der Waals surface area (Å²) in [5.41, 5.74) is 3.75. The maximum absolute atomic E-state index is 12.9. The van der Waals surface area contributed by atoms with Crippen molar-refractivity contribution < 1.29 is 14.0 Å². The van der Waals surface area contributed by atoms with Crippen molar-refractivity contribution in [3.63, 3.8) is 0 Å². The number of nitrogens with one attached hydrogen (secondary N) is 2. The van der Waals surface area contributed by atoms with E-state index >= 15 is 0 Å². The van der Waals surface area contributed by atoms with Gasteiger partial charge in [0, 0.05) is 53.1 Å². The van der Waals surface area contributed by atoms with Crippen LogP contribution in [-0.4, -0.2) is 21.8 Å². The smallest absolute Gasteiger partial charge is 0.224 e. The van der Waals surface area contributed by atoms with Crippen molar-refractivity contribution in [3.05, 3.63) is 84.3 Å². The maximum Gasteiger partial charge on any atom is 0.224 e. The lowest BCUT2D eigenvalue weighted by atomic mass is 10.1. The van der Waals surface area contributed by atoms with E-state index in [0.29, 0.717) is 11.4 Å². The summed E-state index contributed by atoms with van der Waals surface area (Å²) in [7, 11) is 0. The molecule has 0 spiro atoms. The predicted molar refractivity (Wildman–Crippen MR) is 124 cm³/mol. The molecule has 0 saturated carbocycles. The minimum atomic E-state index is -0.379. The number of pyridine rings is 1. The van der Waals surface area contributed by atoms with Gasteiger partial charge >= 0.3 is 0 Å². The van der Waals surface area contributed by atoms with Crippen molar-refractivity contribution in [1.82, 2.24) is 9.97 Å². The minimum absolute atomic E-state index is 0.0173. The molecule has 2 N–H and O–H groups in total. The van der Waals surface area contributed by atoms with Gasteiger partial charge in [0.25, 0.3) is 0 Å². The van der Waals surface area contributed by atoms with Crippen molar-refractivity contribution in [2.24, 2.45) is 0 Å². The maximum atomic E-state index is 12.9. The van der Waals surface area contributed by atoms with Crippen LogP contribution in [0.4, 0.5) is 15.8 Å². The first-order chi connectivity index (χ1) is 15.6. The number of rotatable bonds is 7. The fourth-order valence-electron chi connectivity index (χ4n) is 2.99. The Hall–Kier alpha value is -3.91. The van der Waals surface area contributed by atoms with Gasteiger partial charge < -0.3 is 10.6 Å². The van der Waals surface area contributed by atoms with Crippen molar-refractivity contribution in [2.45, 2.75) is 12.8 Å². The molecule has 0 fully saturated rings. The van der Waals surface area contributed by atoms with Crippen molar-refractivity contribution in [2.75, 3.05) is 10.6 Å². The highest BCUT2D eigenvalue weighted by Gasteiger charge is 2.10. The molecule has 0 atom stereocenters. The molecule has 0 bridgehead atoms. The standard InChI is InChI=1S/C24H19FN4O2S/c25-18-6-8-19(9-7-18)27-22(30)10-11-23(31)28-20-5-1-3-16(13-20)21-15-32-24(29-21)17-4-2-12-26-14-17/h1-9,12-15H,10-11H2,(H,27,30)(H,28,31). The van der Waals surface area contributed by atoms with Crippen molar-refractivity contribution >= 4 is 34.5 Å². The molecular formula is C24H19FN4O2S. The Morgan fingerprint density at radius 3 is 2.31 bits per heavy atom. The number of amides is 2. The van der Waals surface area contributed by atoms with E-state index in [1.807, 2.05) is 35.7 Å². The third kappa shape index (κ3) is 5.61. The highest BCUT2D eigenvalue weighted by atomic mass is 32.1. The van der Waals surface area contributed by atoms with Gasteiger partial charge in [-0.3, -0.25) is 14.6 Å². The molecule has 6 nitrogen and oxygen atoms in total. The third-order valence-electron chi connectivity index (χ3n) is 4.56. The molecule has 0 saturated heterocycles. The molecule has 32 heavy (non-hydrogen) atoms. The summed E-state index contributed by atoms with van der Waals surface area (Å²) in [4.78, 5) is 33.1. The van der Waals surface area contributed by atoms with Gasteiger partial charge in [0.15, 0.2) is 0 Å². The number of carbonyl (C=O) groups excluding carboxylic acids is 2. The van der Waals surface area contributed by atoms with E-state index in [0.717, 1.165) is 21.8 Å². The first-order valence-corrected chi connectivity index (χ1v) is 10.8. The summed E-state index contributed by atoms with van der Waals surface area (Å²) < 4.78 is 12.9. The lowest BCUT2D eigenvalue weighted by Crippen LogP contribution is -2.17. The first kappa shape index (κ1) is 21.3. The average molecular weight is 447 g/mol. The van der Waals surface area contributed by atoms with Crippen LogP contribution in [0.3, 0.4) is 0 Å². The zero-order chi connectivity index (χ0) is 22.3. The van der Waals surface area contributed by atoms with Gasteiger partial charge in [0.1, 0.15) is 10.8 Å². The van der Waals surface area contributed by atoms with Gasteiger partial charge in [-0.1, -0.05) is 12.1 Å². The van der Waals surface area contributed by atoms with Crippen LogP contribution in [0.5, 0.6) is 0 Å². The second kappa shape index (κ2) is 9.93. The van der Waals surface area contributed by atoms with E-state index in [9.17, 15) is 14.0 Å². The lowest BCUT2D eigenvalue weighted by molar-refractivity contribution is -0.121. The number of benzene rings is 2. The Labute approximate surface area is 188 Å². The number of anilines is 2. The average Bonchev–Trinajstić information content (AvgIpc) is 3.31. The van der Waals surface area contributed by atoms with Crippen LogP contribution in [0.2, 0.25) is 0 Å². The van der Waals surface area contributed by atoms with Gasteiger partial charge in [-0.05, 0) is 48.5 Å². The Morgan fingerprint density at radius 1 is 0.875 bits per heavy atom. The summed E-state index contributed by atoms with van der Waals surface area (Å²) in [5.74, 6) is -0.966. The zero-order valence-corrected chi connectivity index (χ0v) is 17.7. The third-order valence-corrected chi connectivity index (χ3v) is 5.45. The Bertz CT molecular complexity index is 1230. The van der Waals surface area contributed by atoms with E-state index in [-0.39, 0.29) is 30.5 Å². The SMILES string of the molecule is O=C(CCC(=O)Nc1cccc(-c2csc(-c3cccnc3)n2)c1)Nc1ccc(F)cc1. The molecular weight excluding hydrogens is 427 g/mol. The summed E-state index contributed by atoms with van der Waals surface area (Å²) >= 11 is 1.53. The van der Waals surface area contributed by atoms with E-state index in [1.54, 1.807) is 18.5 Å². The summed E-state index contributed by atoms with van der Waals surface area (Å²) in [6, 6.07) is 16.7. The summed E-state index contributed by atoms with van der Waals surface area (Å²) in [6.45, 7) is 0. The van der Waals surface area contributed by atoms with E-state index in [2.05, 4.69) is 20.6 Å².